The second-order valence-corrected chi connectivity index (χ2v) is 13.5. The van der Waals surface area contributed by atoms with Gasteiger partial charge < -0.3 is 25.2 Å². The number of fused-ring (bicyclic) bond motifs is 1. The Morgan fingerprint density at radius 2 is 1.79 bits per heavy atom. The molecule has 8 nitrogen and oxygen atoms in total. The second kappa shape index (κ2) is 12.5. The minimum Gasteiger partial charge on any atom is -0.359 e. The van der Waals surface area contributed by atoms with Gasteiger partial charge in [0.05, 0.1) is 17.9 Å². The first-order valence-electron chi connectivity index (χ1n) is 16.1. The number of unbranched alkanes of at least 4 members (excludes halogenated alkanes) is 1. The number of hydrogen-bond donors (Lipinski definition) is 2. The molecule has 1 saturated carbocycles. The molecule has 1 aliphatic carbocycles. The molecule has 3 amide bonds. The molecule has 8 heteroatoms. The predicted molar refractivity (Wildman–Crippen MR) is 165 cm³/mol. The Kier molecular flexibility index (Phi) is 9.14. The third-order valence-corrected chi connectivity index (χ3v) is 10.3. The number of nitrogens with zero attached hydrogens (tertiary/aromatic N) is 2. The van der Waals surface area contributed by atoms with Gasteiger partial charge in [-0.3, -0.25) is 14.4 Å². The van der Waals surface area contributed by atoms with Crippen LogP contribution in [0.1, 0.15) is 70.4 Å². The molecule has 3 fully saturated rings. The van der Waals surface area contributed by atoms with Crippen molar-refractivity contribution >= 4 is 23.4 Å². The molecule has 8 atom stereocenters. The average Bonchev–Trinajstić information content (AvgIpc) is 3.57. The molecule has 1 aromatic carbocycles. The normalized spacial score (nSPS) is 33.4. The van der Waals surface area contributed by atoms with Gasteiger partial charge in [0, 0.05) is 18.3 Å². The summed E-state index contributed by atoms with van der Waals surface area (Å²) in [5.41, 5.74) is 1.70. The Morgan fingerprint density at radius 3 is 2.50 bits per heavy atom. The summed E-state index contributed by atoms with van der Waals surface area (Å²) in [5.74, 6) is -1.06. The van der Waals surface area contributed by atoms with Crippen LogP contribution in [0.2, 0.25) is 0 Å². The molecule has 5 rings (SSSR count). The van der Waals surface area contributed by atoms with Crippen LogP contribution in [0.5, 0.6) is 0 Å². The summed E-state index contributed by atoms with van der Waals surface area (Å²) in [4.78, 5) is 46.3. The van der Waals surface area contributed by atoms with E-state index in [4.69, 9.17) is 4.74 Å². The van der Waals surface area contributed by atoms with E-state index >= 15 is 0 Å². The molecule has 1 aromatic rings. The number of rotatable bonds is 11. The minimum absolute atomic E-state index is 0.0695. The van der Waals surface area contributed by atoms with Crippen LogP contribution in [0.3, 0.4) is 0 Å². The number of benzene rings is 1. The maximum Gasteiger partial charge on any atom is 0.246 e. The van der Waals surface area contributed by atoms with Gasteiger partial charge in [-0.1, -0.05) is 58.3 Å². The summed E-state index contributed by atoms with van der Waals surface area (Å²) < 4.78 is 6.55. The largest absolute Gasteiger partial charge is 0.359 e. The van der Waals surface area contributed by atoms with Gasteiger partial charge in [-0.25, -0.2) is 0 Å². The van der Waals surface area contributed by atoms with E-state index in [1.54, 1.807) is 4.90 Å². The lowest BCUT2D eigenvalue weighted by atomic mass is 9.73. The molecular formula is C34H50N4O4. The molecule has 42 heavy (non-hydrogen) atoms. The zero-order valence-electron chi connectivity index (χ0n) is 26.3. The number of carbonyl (C=O) groups excluding carboxylic acids is 3. The van der Waals surface area contributed by atoms with E-state index in [1.165, 1.54) is 6.42 Å². The molecule has 0 aromatic heterocycles. The third kappa shape index (κ3) is 5.77. The number of carbonyl (C=O) groups is 3. The number of nitrogens with one attached hydrogen (secondary N) is 2. The van der Waals surface area contributed by atoms with E-state index < -0.39 is 29.6 Å². The summed E-state index contributed by atoms with van der Waals surface area (Å²) in [5, 5.41) is 6.41. The first kappa shape index (κ1) is 30.7. The zero-order chi connectivity index (χ0) is 30.2. The molecule has 0 unspecified atom stereocenters. The molecule has 4 aliphatic rings. The summed E-state index contributed by atoms with van der Waals surface area (Å²) in [6, 6.07) is 5.21. The molecule has 1 spiro atoms. The lowest BCUT2D eigenvalue weighted by molar-refractivity contribution is -0.141. The molecule has 230 valence electrons. The monoisotopic (exact) mass is 578 g/mol. The quantitative estimate of drug-likeness (QED) is 0.379. The molecule has 0 radical (unpaired) electrons. The van der Waals surface area contributed by atoms with Crippen LogP contribution in [0, 0.1) is 37.5 Å². The predicted octanol–water partition coefficient (Wildman–Crippen LogP) is 4.46. The Hall–Kier alpha value is -2.71. The highest BCUT2D eigenvalue weighted by Crippen LogP contribution is 2.55. The highest BCUT2D eigenvalue weighted by atomic mass is 16.5. The van der Waals surface area contributed by atoms with Crippen LogP contribution in [-0.4, -0.2) is 78.0 Å². The van der Waals surface area contributed by atoms with E-state index in [0.717, 1.165) is 56.3 Å². The second-order valence-electron chi connectivity index (χ2n) is 13.5. The van der Waals surface area contributed by atoms with E-state index in [-0.39, 0.29) is 23.8 Å². The van der Waals surface area contributed by atoms with Crippen molar-refractivity contribution in [2.75, 3.05) is 32.0 Å². The van der Waals surface area contributed by atoms with Gasteiger partial charge in [0.1, 0.15) is 11.6 Å². The van der Waals surface area contributed by atoms with Gasteiger partial charge >= 0.3 is 0 Å². The number of likely N-dealkylation sites (tertiary alicyclic amines) is 1. The smallest absolute Gasteiger partial charge is 0.246 e. The maximum absolute atomic E-state index is 14.3. The lowest BCUT2D eigenvalue weighted by Crippen LogP contribution is -2.58. The van der Waals surface area contributed by atoms with Gasteiger partial charge in [-0.05, 0) is 88.3 Å². The highest BCUT2D eigenvalue weighted by molar-refractivity contribution is 6.02. The van der Waals surface area contributed by atoms with Gasteiger partial charge in [0.2, 0.25) is 17.7 Å². The third-order valence-electron chi connectivity index (χ3n) is 10.3. The Balaban J connectivity index is 1.40. The first-order valence-corrected chi connectivity index (χ1v) is 16.1. The van der Waals surface area contributed by atoms with E-state index in [9.17, 15) is 14.4 Å². The van der Waals surface area contributed by atoms with Gasteiger partial charge in [-0.15, -0.1) is 0 Å². The lowest BCUT2D eigenvalue weighted by Gasteiger charge is -2.38. The summed E-state index contributed by atoms with van der Waals surface area (Å²) >= 11 is 0. The molecule has 3 aliphatic heterocycles. The zero-order valence-corrected chi connectivity index (χ0v) is 26.3. The van der Waals surface area contributed by atoms with Crippen LogP contribution in [0.4, 0.5) is 5.69 Å². The van der Waals surface area contributed by atoms with Crippen molar-refractivity contribution in [2.24, 2.45) is 23.7 Å². The van der Waals surface area contributed by atoms with Crippen LogP contribution in [0.15, 0.2) is 30.4 Å². The van der Waals surface area contributed by atoms with Gasteiger partial charge in [0.15, 0.2) is 0 Å². The fourth-order valence-corrected chi connectivity index (χ4v) is 7.88. The molecule has 3 heterocycles. The van der Waals surface area contributed by atoms with Crippen LogP contribution >= 0.6 is 0 Å². The maximum atomic E-state index is 14.3. The number of ether oxygens (including phenoxy) is 1. The number of anilines is 1. The van der Waals surface area contributed by atoms with Gasteiger partial charge in [-0.2, -0.15) is 0 Å². The topological polar surface area (TPSA) is 91.0 Å². The highest BCUT2D eigenvalue weighted by Gasteiger charge is 2.72. The van der Waals surface area contributed by atoms with Crippen LogP contribution < -0.4 is 10.6 Å². The van der Waals surface area contributed by atoms with Crippen molar-refractivity contribution in [3.8, 4) is 0 Å². The number of amides is 3. The fraction of sp³-hybridized carbons (Fsp3) is 0.676. The SMILES string of the molecule is CCCCN(C)CCCN1C(=O)[C@H]2[C@H](C(=O)Nc3cc(C)cc(C)c3)[C@H]3C=C[C@@]2(O3)[C@@H]1C(=O)N[C@@H]1CCC[C@H](C)[C@@H]1C. The number of hydrogen-bond acceptors (Lipinski definition) is 5. The van der Waals surface area contributed by atoms with E-state index in [2.05, 4.69) is 49.4 Å². The van der Waals surface area contributed by atoms with Crippen molar-refractivity contribution in [3.63, 3.8) is 0 Å². The molecular weight excluding hydrogens is 528 g/mol. The summed E-state index contributed by atoms with van der Waals surface area (Å²) in [6.45, 7) is 12.9. The van der Waals surface area contributed by atoms with Crippen molar-refractivity contribution in [1.82, 2.24) is 15.1 Å². The summed E-state index contributed by atoms with van der Waals surface area (Å²) in [7, 11) is 2.10. The van der Waals surface area contributed by atoms with Crippen LogP contribution in [-0.2, 0) is 19.1 Å². The van der Waals surface area contributed by atoms with E-state index in [1.807, 2.05) is 38.1 Å². The number of aryl methyl sites for hydroxylation is 2. The average molecular weight is 579 g/mol. The molecule has 2 bridgehead atoms. The van der Waals surface area contributed by atoms with Crippen LogP contribution in [0.25, 0.3) is 0 Å². The van der Waals surface area contributed by atoms with E-state index in [0.29, 0.717) is 24.1 Å². The minimum atomic E-state index is -1.13. The summed E-state index contributed by atoms with van der Waals surface area (Å²) in [6.07, 6.45) is 9.48. The molecule has 2 N–H and O–H groups in total. The first-order chi connectivity index (χ1) is 20.1. The van der Waals surface area contributed by atoms with Crippen molar-refractivity contribution in [1.29, 1.82) is 0 Å². The van der Waals surface area contributed by atoms with Crippen molar-refractivity contribution < 1.29 is 19.1 Å². The Morgan fingerprint density at radius 1 is 1.07 bits per heavy atom. The van der Waals surface area contributed by atoms with Crippen molar-refractivity contribution in [3.05, 3.63) is 41.5 Å². The Labute approximate surface area is 251 Å². The fourth-order valence-electron chi connectivity index (χ4n) is 7.88. The van der Waals surface area contributed by atoms with Gasteiger partial charge in [0.25, 0.3) is 0 Å². The Bertz CT molecular complexity index is 1200. The van der Waals surface area contributed by atoms with Crippen molar-refractivity contribution in [2.45, 2.75) is 96.9 Å². The standard InChI is InChI=1S/C34H50N4O4/c1-7-8-15-37(6)16-10-17-38-30(32(40)36-26-12-9-11-23(4)24(26)5)34-14-13-27(42-34)28(29(34)33(38)41)31(39)35-25-19-21(2)18-22(3)20-25/h13-14,18-20,23-24,26-30H,7-12,15-17H2,1-6H3,(H,35,39)(H,36,40)/t23-,24-,26+,27+,28+,29+,30-,34-/m0/s1. The molecule has 2 saturated heterocycles.